The summed E-state index contributed by atoms with van der Waals surface area (Å²) in [4.78, 5) is 31.7. The van der Waals surface area contributed by atoms with E-state index >= 15 is 0 Å². The molecule has 0 atom stereocenters. The highest BCUT2D eigenvalue weighted by Crippen LogP contribution is 2.33. The Balaban J connectivity index is 1.83. The maximum absolute atomic E-state index is 12.5. The van der Waals surface area contributed by atoms with Crippen molar-refractivity contribution in [3.63, 3.8) is 0 Å². The smallest absolute Gasteiger partial charge is 0.387 e. The number of carbonyl (C=O) groups is 1. The van der Waals surface area contributed by atoms with Crippen LogP contribution in [0.5, 0.6) is 5.75 Å². The van der Waals surface area contributed by atoms with Gasteiger partial charge >= 0.3 is 6.61 Å². The highest BCUT2D eigenvalue weighted by Gasteiger charge is 2.17. The van der Waals surface area contributed by atoms with Crippen LogP contribution in [-0.2, 0) is 0 Å². The van der Waals surface area contributed by atoms with Crippen LogP contribution in [0.4, 0.5) is 14.5 Å². The topological polar surface area (TPSA) is 95.2 Å². The molecule has 30 heavy (non-hydrogen) atoms. The van der Waals surface area contributed by atoms with E-state index < -0.39 is 17.3 Å². The lowest BCUT2D eigenvalue weighted by atomic mass is 10.1. The lowest BCUT2D eigenvalue weighted by molar-refractivity contribution is -0.387. The number of allylic oxidation sites excluding steroid dienone is 1. The molecule has 0 aliphatic rings. The number of benzene rings is 2. The summed E-state index contributed by atoms with van der Waals surface area (Å²) in [5.74, 6) is -0.826. The molecule has 0 N–H and O–H groups in total. The van der Waals surface area contributed by atoms with Gasteiger partial charge in [0.05, 0.1) is 15.4 Å². The van der Waals surface area contributed by atoms with Gasteiger partial charge < -0.3 is 4.74 Å². The fourth-order valence-corrected chi connectivity index (χ4v) is 3.23. The zero-order valence-corrected chi connectivity index (χ0v) is 16.0. The zero-order chi connectivity index (χ0) is 21.5. The molecule has 10 heteroatoms. The molecule has 0 radical (unpaired) electrons. The van der Waals surface area contributed by atoms with Crippen LogP contribution < -0.4 is 4.74 Å². The largest absolute Gasteiger partial charge is 0.434 e. The third-order valence-corrected chi connectivity index (χ3v) is 4.68. The van der Waals surface area contributed by atoms with E-state index in [1.54, 1.807) is 12.1 Å². The van der Waals surface area contributed by atoms with Gasteiger partial charge in [-0.15, -0.1) is 0 Å². The number of ether oxygens (including phenoxy) is 1. The van der Waals surface area contributed by atoms with Crippen LogP contribution >= 0.6 is 11.8 Å². The Morgan fingerprint density at radius 1 is 1.13 bits per heavy atom. The number of hydrogen-bond acceptors (Lipinski definition) is 7. The zero-order valence-electron chi connectivity index (χ0n) is 15.1. The molecule has 0 saturated heterocycles. The summed E-state index contributed by atoms with van der Waals surface area (Å²) >= 11 is 1.04. The Morgan fingerprint density at radius 3 is 2.57 bits per heavy atom. The number of nitro benzene ring substituents is 1. The molecule has 0 bridgehead atoms. The lowest BCUT2D eigenvalue weighted by Gasteiger charge is -2.08. The fourth-order valence-electron chi connectivity index (χ4n) is 2.43. The number of hydrogen-bond donors (Lipinski definition) is 0. The first kappa shape index (κ1) is 21.1. The third-order valence-electron chi connectivity index (χ3n) is 3.72. The molecule has 0 amide bonds. The maximum Gasteiger partial charge on any atom is 0.387 e. The van der Waals surface area contributed by atoms with Gasteiger partial charge in [0.2, 0.25) is 0 Å². The van der Waals surface area contributed by atoms with Gasteiger partial charge in [-0.2, -0.15) is 8.78 Å². The number of alkyl halides is 2. The standard InChI is InChI=1S/C20H13F2N3O4S/c21-19(22)29-17-5-2-1-4-14(17)16(26)8-6-13-7-9-18(15(12-13)25(27)28)30-20-23-10-3-11-24-20/h1-12,19H. The van der Waals surface area contributed by atoms with Crippen LogP contribution in [0.2, 0.25) is 0 Å². The molecule has 0 aliphatic carbocycles. The first-order valence-electron chi connectivity index (χ1n) is 8.43. The van der Waals surface area contributed by atoms with Crippen molar-refractivity contribution in [2.45, 2.75) is 16.7 Å². The van der Waals surface area contributed by atoms with Gasteiger partial charge in [0.1, 0.15) is 5.75 Å². The summed E-state index contributed by atoms with van der Waals surface area (Å²) in [5.41, 5.74) is 0.168. The predicted octanol–water partition coefficient (Wildman–Crippen LogP) is 5.03. The van der Waals surface area contributed by atoms with Gasteiger partial charge in [-0.25, -0.2) is 9.97 Å². The number of ketones is 1. The number of nitrogens with zero attached hydrogens (tertiary/aromatic N) is 3. The van der Waals surface area contributed by atoms with Gasteiger partial charge in [-0.3, -0.25) is 14.9 Å². The predicted molar refractivity (Wildman–Crippen MR) is 106 cm³/mol. The van der Waals surface area contributed by atoms with Crippen LogP contribution in [0.3, 0.4) is 0 Å². The average Bonchev–Trinajstić information content (AvgIpc) is 2.73. The molecule has 3 rings (SSSR count). The molecule has 3 aromatic rings. The maximum atomic E-state index is 12.5. The normalized spacial score (nSPS) is 11.0. The molecule has 1 heterocycles. The Bertz CT molecular complexity index is 1090. The number of nitro groups is 1. The van der Waals surface area contributed by atoms with Crippen molar-refractivity contribution in [3.8, 4) is 5.75 Å². The molecular weight excluding hydrogens is 416 g/mol. The SMILES string of the molecule is O=C(C=Cc1ccc(Sc2ncccn2)c([N+](=O)[O-])c1)c1ccccc1OC(F)F. The summed E-state index contributed by atoms with van der Waals surface area (Å²) in [7, 11) is 0. The van der Waals surface area contributed by atoms with Gasteiger partial charge in [0.25, 0.3) is 5.69 Å². The summed E-state index contributed by atoms with van der Waals surface area (Å²) in [5, 5.41) is 11.8. The minimum Gasteiger partial charge on any atom is -0.434 e. The summed E-state index contributed by atoms with van der Waals surface area (Å²) in [6.07, 6.45) is 5.56. The van der Waals surface area contributed by atoms with Crippen LogP contribution in [-0.4, -0.2) is 27.3 Å². The van der Waals surface area contributed by atoms with E-state index in [0.29, 0.717) is 15.6 Å². The Labute approximate surface area is 173 Å². The summed E-state index contributed by atoms with van der Waals surface area (Å²) in [6, 6.07) is 11.6. The minimum absolute atomic E-state index is 0.0445. The summed E-state index contributed by atoms with van der Waals surface area (Å²) < 4.78 is 29.4. The van der Waals surface area contributed by atoms with E-state index in [9.17, 15) is 23.7 Å². The lowest BCUT2D eigenvalue weighted by Crippen LogP contribution is -2.06. The van der Waals surface area contributed by atoms with E-state index in [1.165, 1.54) is 54.9 Å². The van der Waals surface area contributed by atoms with Crippen molar-refractivity contribution in [1.29, 1.82) is 0 Å². The Kier molecular flexibility index (Phi) is 6.81. The number of para-hydroxylation sites is 1. The third kappa shape index (κ3) is 5.45. The Morgan fingerprint density at radius 2 is 1.87 bits per heavy atom. The van der Waals surface area contributed by atoms with Gasteiger partial charge in [-0.05, 0) is 47.7 Å². The van der Waals surface area contributed by atoms with Gasteiger partial charge in [0, 0.05) is 18.5 Å². The molecule has 0 fully saturated rings. The minimum atomic E-state index is -3.07. The molecule has 7 nitrogen and oxygen atoms in total. The van der Waals surface area contributed by atoms with E-state index in [0.717, 1.165) is 17.8 Å². The number of aromatic nitrogens is 2. The summed E-state index contributed by atoms with van der Waals surface area (Å²) in [6.45, 7) is -3.07. The number of carbonyl (C=O) groups excluding carboxylic acids is 1. The van der Waals surface area contributed by atoms with E-state index in [1.807, 2.05) is 0 Å². The molecule has 1 aromatic heterocycles. The molecule has 2 aromatic carbocycles. The van der Waals surface area contributed by atoms with E-state index in [2.05, 4.69) is 14.7 Å². The van der Waals surface area contributed by atoms with Crippen LogP contribution in [0.15, 0.2) is 77.1 Å². The van der Waals surface area contributed by atoms with Crippen molar-refractivity contribution in [1.82, 2.24) is 9.97 Å². The van der Waals surface area contributed by atoms with E-state index in [-0.39, 0.29) is 17.0 Å². The highest BCUT2D eigenvalue weighted by molar-refractivity contribution is 7.99. The quantitative estimate of drug-likeness (QED) is 0.163. The Hall–Kier alpha value is -3.66. The van der Waals surface area contributed by atoms with Crippen molar-refractivity contribution in [2.24, 2.45) is 0 Å². The first-order chi connectivity index (χ1) is 14.4. The van der Waals surface area contributed by atoms with Crippen molar-refractivity contribution in [3.05, 3.63) is 88.2 Å². The molecule has 152 valence electrons. The van der Waals surface area contributed by atoms with E-state index in [4.69, 9.17) is 0 Å². The van der Waals surface area contributed by atoms with Crippen molar-refractivity contribution < 1.29 is 23.2 Å². The second kappa shape index (κ2) is 9.70. The average molecular weight is 429 g/mol. The highest BCUT2D eigenvalue weighted by atomic mass is 32.2. The number of rotatable bonds is 8. The second-order valence-corrected chi connectivity index (χ2v) is 6.70. The second-order valence-electron chi connectivity index (χ2n) is 5.69. The van der Waals surface area contributed by atoms with Crippen LogP contribution in [0.1, 0.15) is 15.9 Å². The molecule has 0 aliphatic heterocycles. The monoisotopic (exact) mass is 429 g/mol. The first-order valence-corrected chi connectivity index (χ1v) is 9.25. The number of halogens is 2. The molecule has 0 spiro atoms. The molecule has 0 saturated carbocycles. The molecule has 0 unspecified atom stereocenters. The van der Waals surface area contributed by atoms with Crippen LogP contribution in [0.25, 0.3) is 6.08 Å². The van der Waals surface area contributed by atoms with Gasteiger partial charge in [-0.1, -0.05) is 24.3 Å². The molecular formula is C20H13F2N3O4S. The van der Waals surface area contributed by atoms with Crippen molar-refractivity contribution in [2.75, 3.05) is 0 Å². The fraction of sp³-hybridized carbons (Fsp3) is 0.0500. The van der Waals surface area contributed by atoms with Crippen molar-refractivity contribution >= 4 is 29.3 Å². The van der Waals surface area contributed by atoms with Gasteiger partial charge in [0.15, 0.2) is 10.9 Å². The van der Waals surface area contributed by atoms with Crippen LogP contribution in [0, 0.1) is 10.1 Å².